The van der Waals surface area contributed by atoms with Gasteiger partial charge >= 0.3 is 0 Å². The number of hydrogen-bond acceptors (Lipinski definition) is 3. The Bertz CT molecular complexity index is 1110. The van der Waals surface area contributed by atoms with Gasteiger partial charge in [0, 0.05) is 23.7 Å². The van der Waals surface area contributed by atoms with Gasteiger partial charge in [0.25, 0.3) is 5.91 Å². The maximum atomic E-state index is 14.7. The second-order valence-electron chi connectivity index (χ2n) is 7.80. The fourth-order valence-corrected chi connectivity index (χ4v) is 4.16. The van der Waals surface area contributed by atoms with Crippen molar-refractivity contribution in [3.05, 3.63) is 71.2 Å². The van der Waals surface area contributed by atoms with Crippen LogP contribution in [-0.2, 0) is 6.54 Å². The predicted octanol–water partition coefficient (Wildman–Crippen LogP) is 2.96. The quantitative estimate of drug-likeness (QED) is 0.604. The lowest BCUT2D eigenvalue weighted by Crippen LogP contribution is -2.45. The number of carbonyl (C=O) groups is 2. The lowest BCUT2D eigenvalue weighted by atomic mass is 9.92. The van der Waals surface area contributed by atoms with Crippen molar-refractivity contribution in [3.8, 4) is 0 Å². The molecule has 1 aromatic heterocycles. The highest BCUT2D eigenvalue weighted by molar-refractivity contribution is 6.07. The van der Waals surface area contributed by atoms with E-state index in [0.717, 1.165) is 18.4 Å². The number of primary amides is 1. The number of carbonyl (C=O) groups excluding carboxylic acids is 2. The molecule has 2 aromatic carbocycles. The number of benzene rings is 2. The second kappa shape index (κ2) is 8.28. The van der Waals surface area contributed by atoms with Gasteiger partial charge < -0.3 is 20.7 Å². The highest BCUT2D eigenvalue weighted by atomic mass is 19.1. The molecule has 7 heteroatoms. The van der Waals surface area contributed by atoms with Crippen LogP contribution in [0.5, 0.6) is 0 Å². The highest BCUT2D eigenvalue weighted by Gasteiger charge is 2.27. The van der Waals surface area contributed by atoms with Crippen LogP contribution in [0.25, 0.3) is 10.9 Å². The summed E-state index contributed by atoms with van der Waals surface area (Å²) in [4.78, 5) is 24.4. The van der Waals surface area contributed by atoms with Gasteiger partial charge in [-0.1, -0.05) is 31.0 Å². The Morgan fingerprint density at radius 2 is 1.93 bits per heavy atom. The van der Waals surface area contributed by atoms with Crippen LogP contribution in [0.4, 0.5) is 4.39 Å². The first-order valence-corrected chi connectivity index (χ1v) is 10.1. The van der Waals surface area contributed by atoms with Crippen molar-refractivity contribution in [1.82, 2.24) is 9.88 Å². The minimum Gasteiger partial charge on any atom is -0.391 e. The van der Waals surface area contributed by atoms with E-state index >= 15 is 0 Å². The summed E-state index contributed by atoms with van der Waals surface area (Å²) in [5, 5.41) is 13.3. The van der Waals surface area contributed by atoms with Gasteiger partial charge in [0.15, 0.2) is 0 Å². The molecule has 30 heavy (non-hydrogen) atoms. The van der Waals surface area contributed by atoms with E-state index in [9.17, 15) is 19.1 Å². The van der Waals surface area contributed by atoms with Crippen molar-refractivity contribution in [3.63, 3.8) is 0 Å². The first kappa shape index (κ1) is 20.1. The molecule has 156 valence electrons. The largest absolute Gasteiger partial charge is 0.391 e. The number of nitrogens with two attached hydrogens (primary N) is 1. The molecule has 0 saturated heterocycles. The fraction of sp³-hybridized carbons (Fsp3) is 0.304. The zero-order chi connectivity index (χ0) is 21.3. The number of nitrogens with zero attached hydrogens (tertiary/aromatic N) is 1. The van der Waals surface area contributed by atoms with Crippen LogP contribution in [0.2, 0.25) is 0 Å². The Morgan fingerprint density at radius 3 is 2.70 bits per heavy atom. The molecule has 1 aliphatic carbocycles. The van der Waals surface area contributed by atoms with Crippen molar-refractivity contribution >= 4 is 22.7 Å². The third-order valence-electron chi connectivity index (χ3n) is 5.71. The molecule has 3 aromatic rings. The second-order valence-corrected chi connectivity index (χ2v) is 7.80. The lowest BCUT2D eigenvalue weighted by Gasteiger charge is -2.28. The fourth-order valence-electron chi connectivity index (χ4n) is 4.16. The third-order valence-corrected chi connectivity index (χ3v) is 5.71. The number of halogens is 1. The summed E-state index contributed by atoms with van der Waals surface area (Å²) in [6, 6.07) is 11.2. The molecule has 1 aliphatic rings. The molecular weight excluding hydrogens is 385 g/mol. The Kier molecular flexibility index (Phi) is 5.55. The van der Waals surface area contributed by atoms with E-state index in [4.69, 9.17) is 5.73 Å². The normalized spacial score (nSPS) is 19.0. The van der Waals surface area contributed by atoms with Gasteiger partial charge in [-0.05, 0) is 42.7 Å². The monoisotopic (exact) mass is 409 g/mol. The van der Waals surface area contributed by atoms with Crippen LogP contribution in [0, 0.1) is 5.82 Å². The maximum Gasteiger partial charge on any atom is 0.253 e. The van der Waals surface area contributed by atoms with Crippen LogP contribution in [-0.4, -0.2) is 33.6 Å². The van der Waals surface area contributed by atoms with Gasteiger partial charge in [0.05, 0.1) is 23.2 Å². The van der Waals surface area contributed by atoms with Gasteiger partial charge in [0.1, 0.15) is 5.82 Å². The van der Waals surface area contributed by atoms with Gasteiger partial charge in [-0.25, -0.2) is 4.39 Å². The zero-order valence-electron chi connectivity index (χ0n) is 16.5. The number of amides is 2. The third kappa shape index (κ3) is 3.93. The summed E-state index contributed by atoms with van der Waals surface area (Å²) >= 11 is 0. The molecule has 0 radical (unpaired) electrons. The molecule has 4 rings (SSSR count). The Hall–Kier alpha value is -3.19. The average Bonchev–Trinajstić information content (AvgIpc) is 3.10. The molecule has 0 spiro atoms. The summed E-state index contributed by atoms with van der Waals surface area (Å²) in [5.74, 6) is -1.40. The van der Waals surface area contributed by atoms with Crippen molar-refractivity contribution in [2.75, 3.05) is 0 Å². The van der Waals surface area contributed by atoms with Gasteiger partial charge in [-0.2, -0.15) is 0 Å². The van der Waals surface area contributed by atoms with Crippen LogP contribution in [0.3, 0.4) is 0 Å². The lowest BCUT2D eigenvalue weighted by molar-refractivity contribution is 0.0718. The number of rotatable bonds is 5. The van der Waals surface area contributed by atoms with E-state index in [1.165, 1.54) is 6.07 Å². The van der Waals surface area contributed by atoms with Gasteiger partial charge in [-0.3, -0.25) is 9.59 Å². The van der Waals surface area contributed by atoms with E-state index < -0.39 is 23.7 Å². The molecule has 1 fully saturated rings. The molecule has 2 amide bonds. The minimum absolute atomic E-state index is 0.229. The first-order chi connectivity index (χ1) is 14.4. The molecule has 4 N–H and O–H groups in total. The predicted molar refractivity (Wildman–Crippen MR) is 112 cm³/mol. The molecular formula is C23H24FN3O3. The smallest absolute Gasteiger partial charge is 0.253 e. The topological polar surface area (TPSA) is 97.4 Å². The molecule has 2 atom stereocenters. The summed E-state index contributed by atoms with van der Waals surface area (Å²) < 4.78 is 16.5. The molecule has 6 nitrogen and oxygen atoms in total. The molecule has 0 unspecified atom stereocenters. The summed E-state index contributed by atoms with van der Waals surface area (Å²) in [6.07, 6.45) is 4.26. The number of fused-ring (bicyclic) bond motifs is 1. The van der Waals surface area contributed by atoms with Crippen molar-refractivity contribution in [2.45, 2.75) is 44.4 Å². The van der Waals surface area contributed by atoms with Crippen LogP contribution in [0.15, 0.2) is 48.7 Å². The van der Waals surface area contributed by atoms with E-state index in [1.54, 1.807) is 41.1 Å². The zero-order valence-corrected chi connectivity index (χ0v) is 16.5. The molecule has 1 saturated carbocycles. The molecule has 1 heterocycles. The molecule has 0 bridgehead atoms. The van der Waals surface area contributed by atoms with E-state index in [2.05, 4.69) is 5.32 Å². The van der Waals surface area contributed by atoms with Crippen LogP contribution >= 0.6 is 0 Å². The molecule has 0 aliphatic heterocycles. The Labute approximate surface area is 173 Å². The summed E-state index contributed by atoms with van der Waals surface area (Å²) in [7, 11) is 0. The number of nitrogens with one attached hydrogen (secondary N) is 1. The number of aliphatic hydroxyl groups excluding tert-OH is 1. The minimum atomic E-state index is -0.586. The Morgan fingerprint density at radius 1 is 1.17 bits per heavy atom. The first-order valence-electron chi connectivity index (χ1n) is 10.1. The number of hydrogen-bond donors (Lipinski definition) is 3. The van der Waals surface area contributed by atoms with Crippen molar-refractivity contribution in [2.24, 2.45) is 5.73 Å². The average molecular weight is 409 g/mol. The van der Waals surface area contributed by atoms with Crippen LogP contribution < -0.4 is 11.1 Å². The Balaban J connectivity index is 1.68. The van der Waals surface area contributed by atoms with Crippen LogP contribution in [0.1, 0.15) is 52.0 Å². The summed E-state index contributed by atoms with van der Waals surface area (Å²) in [6.45, 7) is 0.348. The number of aromatic nitrogens is 1. The van der Waals surface area contributed by atoms with Crippen molar-refractivity contribution in [1.29, 1.82) is 0 Å². The van der Waals surface area contributed by atoms with E-state index in [0.29, 0.717) is 30.5 Å². The number of aliphatic hydroxyl groups is 1. The van der Waals surface area contributed by atoms with E-state index in [1.807, 2.05) is 6.07 Å². The van der Waals surface area contributed by atoms with Gasteiger partial charge in [0.2, 0.25) is 5.91 Å². The van der Waals surface area contributed by atoms with Crippen molar-refractivity contribution < 1.29 is 19.1 Å². The SMILES string of the molecule is NC(=O)c1cccc(Cn2cc(C(=O)N[C@H]3CCCC[C@@H]3O)c3c(F)cccc32)c1. The van der Waals surface area contributed by atoms with Gasteiger partial charge in [-0.15, -0.1) is 0 Å². The maximum absolute atomic E-state index is 14.7. The highest BCUT2D eigenvalue weighted by Crippen LogP contribution is 2.26. The summed E-state index contributed by atoms with van der Waals surface area (Å²) in [5.41, 5.74) is 7.36. The van der Waals surface area contributed by atoms with E-state index in [-0.39, 0.29) is 17.0 Å². The standard InChI is InChI=1S/C23H24FN3O3/c24-17-7-4-9-19-21(17)16(23(30)26-18-8-1-2-10-20(18)28)13-27(19)12-14-5-3-6-15(11-14)22(25)29/h3-7,9,11,13,18,20,28H,1-2,8,10,12H2,(H2,25,29)(H,26,30)/t18-,20-/m0/s1.